The maximum atomic E-state index is 8.62. The van der Waals surface area contributed by atoms with Gasteiger partial charge >= 0.3 is 0 Å². The van der Waals surface area contributed by atoms with Crippen molar-refractivity contribution in [2.24, 2.45) is 5.92 Å². The standard InChI is InChI=1S/C11H17N5/c1-9(2)8-16(7-3-4-12)11-10(13)14-5-6-15-11/h5-6,9H,3,7-8H2,1-2H3,(H2,13,14). The van der Waals surface area contributed by atoms with Crippen molar-refractivity contribution in [2.45, 2.75) is 20.3 Å². The fraction of sp³-hybridized carbons (Fsp3) is 0.545. The predicted octanol–water partition coefficient (Wildman–Crippen LogP) is 1.43. The van der Waals surface area contributed by atoms with Crippen molar-refractivity contribution in [1.82, 2.24) is 9.97 Å². The molecular formula is C11H17N5. The quantitative estimate of drug-likeness (QED) is 0.810. The van der Waals surface area contributed by atoms with Crippen molar-refractivity contribution >= 4 is 11.6 Å². The van der Waals surface area contributed by atoms with Crippen LogP contribution in [0.3, 0.4) is 0 Å². The predicted molar refractivity (Wildman–Crippen MR) is 63.7 cm³/mol. The van der Waals surface area contributed by atoms with E-state index in [-0.39, 0.29) is 0 Å². The van der Waals surface area contributed by atoms with Gasteiger partial charge in [-0.15, -0.1) is 0 Å². The van der Waals surface area contributed by atoms with Gasteiger partial charge in [0.05, 0.1) is 12.5 Å². The van der Waals surface area contributed by atoms with E-state index in [1.165, 1.54) is 0 Å². The SMILES string of the molecule is CC(C)CN(CCC#N)c1nccnc1N. The highest BCUT2D eigenvalue weighted by Gasteiger charge is 2.12. The Morgan fingerprint density at radius 2 is 2.12 bits per heavy atom. The van der Waals surface area contributed by atoms with Gasteiger partial charge in [0.25, 0.3) is 0 Å². The summed E-state index contributed by atoms with van der Waals surface area (Å²) in [6, 6.07) is 2.13. The Balaban J connectivity index is 2.83. The molecule has 0 amide bonds. The minimum absolute atomic E-state index is 0.418. The molecule has 0 fully saturated rings. The van der Waals surface area contributed by atoms with Gasteiger partial charge in [0.15, 0.2) is 11.6 Å². The third kappa shape index (κ3) is 3.39. The van der Waals surface area contributed by atoms with Gasteiger partial charge in [-0.1, -0.05) is 13.8 Å². The molecule has 86 valence electrons. The van der Waals surface area contributed by atoms with Gasteiger partial charge in [-0.05, 0) is 5.92 Å². The summed E-state index contributed by atoms with van der Waals surface area (Å²) in [4.78, 5) is 10.2. The van der Waals surface area contributed by atoms with Crippen molar-refractivity contribution in [2.75, 3.05) is 23.7 Å². The van der Waals surface area contributed by atoms with Crippen LogP contribution in [0.15, 0.2) is 12.4 Å². The monoisotopic (exact) mass is 219 g/mol. The van der Waals surface area contributed by atoms with Gasteiger partial charge in [0.1, 0.15) is 0 Å². The maximum Gasteiger partial charge on any atom is 0.171 e. The lowest BCUT2D eigenvalue weighted by Gasteiger charge is -2.25. The normalized spacial score (nSPS) is 10.1. The first kappa shape index (κ1) is 12.2. The van der Waals surface area contributed by atoms with Crippen LogP contribution in [0.1, 0.15) is 20.3 Å². The van der Waals surface area contributed by atoms with Crippen LogP contribution in [0.4, 0.5) is 11.6 Å². The first-order chi connectivity index (χ1) is 7.65. The zero-order chi connectivity index (χ0) is 12.0. The van der Waals surface area contributed by atoms with Crippen LogP contribution < -0.4 is 10.6 Å². The lowest BCUT2D eigenvalue weighted by Crippen LogP contribution is -2.30. The fourth-order valence-corrected chi connectivity index (χ4v) is 1.49. The van der Waals surface area contributed by atoms with Crippen LogP contribution in [0, 0.1) is 17.2 Å². The highest BCUT2D eigenvalue weighted by atomic mass is 15.2. The molecule has 1 heterocycles. The minimum Gasteiger partial charge on any atom is -0.381 e. The van der Waals surface area contributed by atoms with E-state index in [4.69, 9.17) is 11.0 Å². The van der Waals surface area contributed by atoms with E-state index >= 15 is 0 Å². The van der Waals surface area contributed by atoms with Crippen molar-refractivity contribution in [3.05, 3.63) is 12.4 Å². The van der Waals surface area contributed by atoms with E-state index in [0.29, 0.717) is 30.5 Å². The maximum absolute atomic E-state index is 8.62. The first-order valence-electron chi connectivity index (χ1n) is 5.33. The van der Waals surface area contributed by atoms with E-state index in [1.807, 2.05) is 4.90 Å². The molecule has 0 saturated heterocycles. The molecular weight excluding hydrogens is 202 g/mol. The van der Waals surface area contributed by atoms with Gasteiger partial charge in [-0.3, -0.25) is 0 Å². The van der Waals surface area contributed by atoms with Gasteiger partial charge in [-0.2, -0.15) is 5.26 Å². The molecule has 0 saturated carbocycles. The van der Waals surface area contributed by atoms with Crippen molar-refractivity contribution in [3.63, 3.8) is 0 Å². The van der Waals surface area contributed by atoms with E-state index in [1.54, 1.807) is 12.4 Å². The second-order valence-electron chi connectivity index (χ2n) is 4.01. The van der Waals surface area contributed by atoms with Crippen LogP contribution in [0.5, 0.6) is 0 Å². The number of nitrogen functional groups attached to an aromatic ring is 1. The number of nitriles is 1. The van der Waals surface area contributed by atoms with Crippen molar-refractivity contribution in [3.8, 4) is 6.07 Å². The molecule has 5 heteroatoms. The van der Waals surface area contributed by atoms with Crippen LogP contribution in [0.25, 0.3) is 0 Å². The van der Waals surface area contributed by atoms with E-state index in [2.05, 4.69) is 29.9 Å². The van der Waals surface area contributed by atoms with E-state index < -0.39 is 0 Å². The summed E-state index contributed by atoms with van der Waals surface area (Å²) in [6.45, 7) is 5.69. The first-order valence-corrected chi connectivity index (χ1v) is 5.33. The summed E-state index contributed by atoms with van der Waals surface area (Å²) < 4.78 is 0. The van der Waals surface area contributed by atoms with Gasteiger partial charge in [0, 0.05) is 25.5 Å². The summed E-state index contributed by atoms with van der Waals surface area (Å²) in [5.74, 6) is 1.58. The molecule has 1 aromatic heterocycles. The van der Waals surface area contributed by atoms with Crippen LogP contribution >= 0.6 is 0 Å². The molecule has 2 N–H and O–H groups in total. The number of nitrogens with zero attached hydrogens (tertiary/aromatic N) is 4. The van der Waals surface area contributed by atoms with Crippen LogP contribution in [0.2, 0.25) is 0 Å². The Morgan fingerprint density at radius 1 is 1.44 bits per heavy atom. The topological polar surface area (TPSA) is 78.8 Å². The zero-order valence-corrected chi connectivity index (χ0v) is 9.72. The molecule has 5 nitrogen and oxygen atoms in total. The summed E-state index contributed by atoms with van der Waals surface area (Å²) in [5.41, 5.74) is 5.77. The van der Waals surface area contributed by atoms with Crippen LogP contribution in [-0.4, -0.2) is 23.1 Å². The number of nitrogens with two attached hydrogens (primary N) is 1. The van der Waals surface area contributed by atoms with Gasteiger partial charge < -0.3 is 10.6 Å². The second kappa shape index (κ2) is 5.91. The largest absolute Gasteiger partial charge is 0.381 e. The molecule has 0 aliphatic heterocycles. The molecule has 0 spiro atoms. The Kier molecular flexibility index (Phi) is 4.52. The van der Waals surface area contributed by atoms with Crippen LogP contribution in [-0.2, 0) is 0 Å². The highest BCUT2D eigenvalue weighted by molar-refractivity contribution is 5.57. The fourth-order valence-electron chi connectivity index (χ4n) is 1.49. The minimum atomic E-state index is 0.418. The molecule has 1 aromatic rings. The summed E-state index contributed by atoms with van der Waals surface area (Å²) >= 11 is 0. The van der Waals surface area contributed by atoms with E-state index in [0.717, 1.165) is 6.54 Å². The molecule has 0 aliphatic carbocycles. The molecule has 0 aromatic carbocycles. The lowest BCUT2D eigenvalue weighted by molar-refractivity contribution is 0.607. The summed E-state index contributed by atoms with van der Waals surface area (Å²) in [5, 5.41) is 8.62. The molecule has 0 bridgehead atoms. The second-order valence-corrected chi connectivity index (χ2v) is 4.01. The molecule has 16 heavy (non-hydrogen) atoms. The van der Waals surface area contributed by atoms with E-state index in [9.17, 15) is 0 Å². The number of hydrogen-bond donors (Lipinski definition) is 1. The van der Waals surface area contributed by atoms with Crippen molar-refractivity contribution < 1.29 is 0 Å². The molecule has 0 aliphatic rings. The Bertz CT molecular complexity index is 369. The number of hydrogen-bond acceptors (Lipinski definition) is 5. The Hall–Kier alpha value is -1.83. The smallest absolute Gasteiger partial charge is 0.171 e. The Labute approximate surface area is 95.9 Å². The number of aromatic nitrogens is 2. The molecule has 0 atom stereocenters. The molecule has 0 unspecified atom stereocenters. The summed E-state index contributed by atoms with van der Waals surface area (Å²) in [6.07, 6.45) is 3.64. The lowest BCUT2D eigenvalue weighted by atomic mass is 10.2. The zero-order valence-electron chi connectivity index (χ0n) is 9.72. The van der Waals surface area contributed by atoms with Crippen molar-refractivity contribution in [1.29, 1.82) is 5.26 Å². The van der Waals surface area contributed by atoms with Gasteiger partial charge in [-0.25, -0.2) is 9.97 Å². The molecule has 1 rings (SSSR count). The molecule has 0 radical (unpaired) electrons. The number of anilines is 2. The number of rotatable bonds is 5. The average molecular weight is 219 g/mol. The third-order valence-electron chi connectivity index (χ3n) is 2.08. The third-order valence-corrected chi connectivity index (χ3v) is 2.08. The van der Waals surface area contributed by atoms with Gasteiger partial charge in [0.2, 0.25) is 0 Å². The Morgan fingerprint density at radius 3 is 2.69 bits per heavy atom. The highest BCUT2D eigenvalue weighted by Crippen LogP contribution is 2.18. The summed E-state index contributed by atoms with van der Waals surface area (Å²) in [7, 11) is 0. The average Bonchev–Trinajstić information content (AvgIpc) is 2.24.